The molecule has 524 valence electrons. The summed E-state index contributed by atoms with van der Waals surface area (Å²) >= 11 is 0. The number of aromatic nitrogens is 8. The van der Waals surface area contributed by atoms with Crippen LogP contribution in [0.5, 0.6) is 0 Å². The SMILES string of the molecule is O=c1c2cc(-n3c4ccccc4c4cc(-c5ccc6c(c5)c5ccccc5n6-c5ccccc5)ccc43)ccc2n2c3ccccc3cc2n1-c1ccccc1.O=c1c2ccccc2n2c3ccc(-n4c5ccccc5c5cc(-c6ccc7c(c6)c6ccccc6n7-c6ccccc6)ccc54)cc3cc2n1-c1ccccc1. The molecule has 8 aromatic heterocycles. The fraction of sp³-hybridized carbons (Fsp3) is 0. The maximum Gasteiger partial charge on any atom is 0.266 e. The maximum atomic E-state index is 14.7. The third-order valence-electron chi connectivity index (χ3n) is 23.1. The van der Waals surface area contributed by atoms with Crippen LogP contribution in [0.1, 0.15) is 0 Å². The number of nitrogens with zero attached hydrogens (tertiary/aromatic N) is 8. The van der Waals surface area contributed by atoms with E-state index in [1.165, 1.54) is 81.8 Å². The first kappa shape index (κ1) is 62.9. The van der Waals surface area contributed by atoms with Gasteiger partial charge in [0.2, 0.25) is 0 Å². The summed E-state index contributed by atoms with van der Waals surface area (Å²) in [5.74, 6) is 0. The lowest BCUT2D eigenvalue weighted by atomic mass is 10.0. The summed E-state index contributed by atoms with van der Waals surface area (Å²) in [6.45, 7) is 0. The molecule has 10 nitrogen and oxygen atoms in total. The molecule has 0 N–H and O–H groups in total. The van der Waals surface area contributed by atoms with Gasteiger partial charge in [-0.05, 0) is 210 Å². The minimum atomic E-state index is -0.0459. The zero-order valence-electron chi connectivity index (χ0n) is 60.3. The second-order valence-electron chi connectivity index (χ2n) is 29.2. The van der Waals surface area contributed by atoms with E-state index in [-0.39, 0.29) is 11.1 Å². The number of fused-ring (bicyclic) bond motifs is 22. The van der Waals surface area contributed by atoms with Crippen LogP contribution in [0.25, 0.3) is 199 Å². The van der Waals surface area contributed by atoms with Gasteiger partial charge in [0.25, 0.3) is 11.1 Å². The monoisotopic (exact) mass is 1430 g/mol. The molecule has 0 radical (unpaired) electrons. The predicted octanol–water partition coefficient (Wildman–Crippen LogP) is 24.5. The van der Waals surface area contributed by atoms with Gasteiger partial charge in [-0.25, -0.2) is 0 Å². The van der Waals surface area contributed by atoms with Gasteiger partial charge < -0.3 is 18.3 Å². The Hall–Kier alpha value is -15.3. The van der Waals surface area contributed by atoms with Crippen LogP contribution in [0, 0.1) is 0 Å². The lowest BCUT2D eigenvalue weighted by Gasteiger charge is -2.15. The third kappa shape index (κ3) is 9.45. The van der Waals surface area contributed by atoms with E-state index in [0.29, 0.717) is 10.8 Å². The Kier molecular flexibility index (Phi) is 13.8. The van der Waals surface area contributed by atoms with Crippen LogP contribution in [0.3, 0.4) is 0 Å². The number of hydrogen-bond donors (Lipinski definition) is 0. The quantitative estimate of drug-likeness (QED) is 0.152. The molecule has 10 heteroatoms. The third-order valence-corrected chi connectivity index (χ3v) is 23.1. The van der Waals surface area contributed by atoms with Crippen LogP contribution in [-0.4, -0.2) is 36.2 Å². The highest BCUT2D eigenvalue weighted by molar-refractivity contribution is 6.15. The highest BCUT2D eigenvalue weighted by Crippen LogP contribution is 2.43. The van der Waals surface area contributed by atoms with Crippen LogP contribution in [0.2, 0.25) is 0 Å². The molecule has 0 aliphatic heterocycles. The molecule has 24 aromatic rings. The van der Waals surface area contributed by atoms with E-state index in [0.717, 1.165) is 106 Å². The Labute approximate surface area is 639 Å². The zero-order chi connectivity index (χ0) is 73.8. The van der Waals surface area contributed by atoms with Gasteiger partial charge in [0.1, 0.15) is 11.3 Å². The van der Waals surface area contributed by atoms with Gasteiger partial charge >= 0.3 is 0 Å². The Balaban J connectivity index is 0.000000134. The maximum absolute atomic E-state index is 14.7. The van der Waals surface area contributed by atoms with E-state index in [1.54, 1.807) is 0 Å². The van der Waals surface area contributed by atoms with Crippen molar-refractivity contribution >= 4 is 142 Å². The van der Waals surface area contributed by atoms with Crippen molar-refractivity contribution in [3.05, 3.63) is 409 Å². The number of para-hydroxylation sites is 10. The standard InChI is InChI=1S/2C51H32N4O/c56-51-43-32-38(25-28-49(43)55-44-20-10-7-13-35(44)31-50(55)54(51)37-16-5-2-6-17-37)53-46-22-12-9-19-40(46)42-30-34(24-27-48(42)53)33-23-26-47-41(29-33)39-18-8-11-21-45(39)52(47)36-14-3-1-4-15-36;56-51-41-19-9-12-22-47(41)55-44-28-25-38(29-35(44)32-50(55)54(51)37-15-5-2-6-16-37)53-46-21-11-8-18-40(46)43-31-34(24-27-49(43)53)33-23-26-48-42(30-33)39-17-7-10-20-45(39)52(48)36-13-3-1-4-14-36/h2*1-32H. The van der Waals surface area contributed by atoms with Crippen molar-refractivity contribution in [3.8, 4) is 56.4 Å². The molecule has 0 bridgehead atoms. The van der Waals surface area contributed by atoms with Crippen molar-refractivity contribution in [2.45, 2.75) is 0 Å². The van der Waals surface area contributed by atoms with E-state index in [2.05, 4.69) is 324 Å². The molecule has 16 aromatic carbocycles. The van der Waals surface area contributed by atoms with Crippen molar-refractivity contribution < 1.29 is 0 Å². The van der Waals surface area contributed by atoms with Crippen LogP contribution in [0.4, 0.5) is 0 Å². The topological polar surface area (TPSA) is 72.5 Å². The summed E-state index contributed by atoms with van der Waals surface area (Å²) < 4.78 is 17.5. The summed E-state index contributed by atoms with van der Waals surface area (Å²) in [5, 5.41) is 13.2. The molecule has 0 unspecified atom stereocenters. The molecule has 0 amide bonds. The molecule has 0 spiro atoms. The van der Waals surface area contributed by atoms with Crippen molar-refractivity contribution in [1.29, 1.82) is 0 Å². The average molecular weight is 1430 g/mol. The number of benzene rings is 16. The molecule has 8 heterocycles. The van der Waals surface area contributed by atoms with E-state index < -0.39 is 0 Å². The summed E-state index contributed by atoms with van der Waals surface area (Å²) in [4.78, 5) is 28.7. The molecule has 24 rings (SSSR count). The van der Waals surface area contributed by atoms with Gasteiger partial charge in [-0.3, -0.25) is 27.5 Å². The summed E-state index contributed by atoms with van der Waals surface area (Å²) in [5.41, 5.74) is 25.5. The first-order valence-corrected chi connectivity index (χ1v) is 38.0. The molecule has 0 aliphatic carbocycles. The van der Waals surface area contributed by atoms with Gasteiger partial charge in [-0.1, -0.05) is 200 Å². The molecule has 0 saturated heterocycles. The van der Waals surface area contributed by atoms with Crippen molar-refractivity contribution in [2.24, 2.45) is 0 Å². The van der Waals surface area contributed by atoms with Crippen molar-refractivity contribution in [3.63, 3.8) is 0 Å². The predicted molar refractivity (Wildman–Crippen MR) is 464 cm³/mol. The van der Waals surface area contributed by atoms with Crippen LogP contribution in [0.15, 0.2) is 398 Å². The molecule has 0 saturated carbocycles. The zero-order valence-corrected chi connectivity index (χ0v) is 60.3. The van der Waals surface area contributed by atoms with Gasteiger partial charge in [0.15, 0.2) is 0 Å². The summed E-state index contributed by atoms with van der Waals surface area (Å²) in [6, 6.07) is 136. The molecule has 0 atom stereocenters. The average Bonchev–Trinajstić information content (AvgIpc) is 1.24. The number of rotatable bonds is 8. The normalized spacial score (nSPS) is 12.0. The van der Waals surface area contributed by atoms with Crippen LogP contribution < -0.4 is 11.1 Å². The van der Waals surface area contributed by atoms with Crippen LogP contribution >= 0.6 is 0 Å². The van der Waals surface area contributed by atoms with Gasteiger partial charge in [-0.2, -0.15) is 0 Å². The minimum Gasteiger partial charge on any atom is -0.309 e. The lowest BCUT2D eigenvalue weighted by Crippen LogP contribution is -2.21. The molecule has 0 fully saturated rings. The highest BCUT2D eigenvalue weighted by Gasteiger charge is 2.24. The van der Waals surface area contributed by atoms with Crippen molar-refractivity contribution in [2.75, 3.05) is 0 Å². The second kappa shape index (κ2) is 24.6. The lowest BCUT2D eigenvalue weighted by molar-refractivity contribution is 1.01. The molecule has 0 aliphatic rings. The Morgan fingerprint density at radius 3 is 0.830 bits per heavy atom. The molecular formula is C102H64N8O2. The Morgan fingerprint density at radius 2 is 0.420 bits per heavy atom. The second-order valence-corrected chi connectivity index (χ2v) is 29.2. The van der Waals surface area contributed by atoms with E-state index >= 15 is 0 Å². The first-order chi connectivity index (χ1) is 55.4. The smallest absolute Gasteiger partial charge is 0.266 e. The van der Waals surface area contributed by atoms with Crippen molar-refractivity contribution in [1.82, 2.24) is 36.2 Å². The molecular weight excluding hydrogens is 1370 g/mol. The van der Waals surface area contributed by atoms with Gasteiger partial charge in [0, 0.05) is 76.6 Å². The minimum absolute atomic E-state index is 0.0263. The Bertz CT molecular complexity index is 8170. The fourth-order valence-electron chi connectivity index (χ4n) is 18.2. The fourth-order valence-corrected chi connectivity index (χ4v) is 18.2. The van der Waals surface area contributed by atoms with E-state index in [9.17, 15) is 9.59 Å². The van der Waals surface area contributed by atoms with E-state index in [1.807, 2.05) is 100 Å². The van der Waals surface area contributed by atoms with Crippen LogP contribution in [-0.2, 0) is 0 Å². The molecule has 112 heavy (non-hydrogen) atoms. The van der Waals surface area contributed by atoms with E-state index in [4.69, 9.17) is 0 Å². The summed E-state index contributed by atoms with van der Waals surface area (Å²) in [6.07, 6.45) is 0. The largest absolute Gasteiger partial charge is 0.309 e. The summed E-state index contributed by atoms with van der Waals surface area (Å²) in [7, 11) is 0. The number of hydrogen-bond acceptors (Lipinski definition) is 2. The Morgan fingerprint density at radius 1 is 0.152 bits per heavy atom. The van der Waals surface area contributed by atoms with Gasteiger partial charge in [0.05, 0.1) is 88.3 Å². The van der Waals surface area contributed by atoms with Gasteiger partial charge in [-0.15, -0.1) is 0 Å². The highest BCUT2D eigenvalue weighted by atomic mass is 16.1. The first-order valence-electron chi connectivity index (χ1n) is 38.0.